The fraction of sp³-hybridized carbons (Fsp3) is 0.0588. The van der Waals surface area contributed by atoms with Crippen molar-refractivity contribution >= 4 is 40.3 Å². The maximum atomic E-state index is 13.4. The molecule has 0 aliphatic rings. The predicted molar refractivity (Wildman–Crippen MR) is 97.4 cm³/mol. The minimum atomic E-state index is -0.982. The van der Waals surface area contributed by atoms with Gasteiger partial charge in [-0.05, 0) is 30.3 Å². The number of halogens is 3. The number of hydrogen-bond acceptors (Lipinski definition) is 6. The molecule has 6 nitrogen and oxygen atoms in total. The zero-order chi connectivity index (χ0) is 18.7. The van der Waals surface area contributed by atoms with E-state index in [1.165, 1.54) is 19.5 Å². The minimum absolute atomic E-state index is 0.180. The maximum Gasteiger partial charge on any atom is 0.160 e. The van der Waals surface area contributed by atoms with Crippen molar-refractivity contribution in [3.8, 4) is 5.75 Å². The molecular formula is C17H14ClF2N5O. The highest BCUT2D eigenvalue weighted by molar-refractivity contribution is 6.31. The van der Waals surface area contributed by atoms with Gasteiger partial charge in [0.15, 0.2) is 23.3 Å². The molecule has 134 valence electrons. The second-order valence-electron chi connectivity index (χ2n) is 5.21. The largest absolute Gasteiger partial charge is 0.495 e. The van der Waals surface area contributed by atoms with E-state index in [-0.39, 0.29) is 11.5 Å². The number of anilines is 5. The van der Waals surface area contributed by atoms with Crippen molar-refractivity contribution in [2.75, 3.05) is 23.5 Å². The smallest absolute Gasteiger partial charge is 0.160 e. The number of methoxy groups -OCH3 is 1. The molecule has 26 heavy (non-hydrogen) atoms. The molecule has 0 saturated heterocycles. The van der Waals surface area contributed by atoms with Gasteiger partial charge in [0.1, 0.15) is 17.8 Å². The summed E-state index contributed by atoms with van der Waals surface area (Å²) in [6.45, 7) is 0. The van der Waals surface area contributed by atoms with Gasteiger partial charge in [0.25, 0.3) is 0 Å². The third-order valence-corrected chi connectivity index (χ3v) is 3.72. The van der Waals surface area contributed by atoms with Gasteiger partial charge in [0.2, 0.25) is 0 Å². The predicted octanol–water partition coefficient (Wildman–Crippen LogP) is 4.49. The first kappa shape index (κ1) is 17.7. The number of ether oxygens (including phenoxy) is 1. The summed E-state index contributed by atoms with van der Waals surface area (Å²) in [5.41, 5.74) is 7.12. The lowest BCUT2D eigenvalue weighted by Crippen LogP contribution is -2.06. The summed E-state index contributed by atoms with van der Waals surface area (Å²) in [5.74, 6) is -0.853. The van der Waals surface area contributed by atoms with Crippen LogP contribution in [-0.2, 0) is 0 Å². The average Bonchev–Trinajstić information content (AvgIpc) is 2.62. The SMILES string of the molecule is COc1ccc(Cl)cc1Nc1ncnc(Nc2ccc(F)c(F)c2)c1N. The highest BCUT2D eigenvalue weighted by Crippen LogP contribution is 2.33. The first-order chi connectivity index (χ1) is 12.5. The van der Waals surface area contributed by atoms with Gasteiger partial charge < -0.3 is 21.1 Å². The molecule has 0 fully saturated rings. The lowest BCUT2D eigenvalue weighted by molar-refractivity contribution is 0.417. The van der Waals surface area contributed by atoms with E-state index in [9.17, 15) is 8.78 Å². The van der Waals surface area contributed by atoms with Gasteiger partial charge in [-0.25, -0.2) is 18.7 Å². The lowest BCUT2D eigenvalue weighted by Gasteiger charge is -2.14. The summed E-state index contributed by atoms with van der Waals surface area (Å²) in [7, 11) is 1.52. The number of rotatable bonds is 5. The van der Waals surface area contributed by atoms with E-state index in [0.29, 0.717) is 28.0 Å². The van der Waals surface area contributed by atoms with E-state index >= 15 is 0 Å². The van der Waals surface area contributed by atoms with Gasteiger partial charge in [-0.2, -0.15) is 0 Å². The molecule has 0 aliphatic heterocycles. The number of nitrogens with one attached hydrogen (secondary N) is 2. The molecule has 1 aromatic heterocycles. The van der Waals surface area contributed by atoms with Crippen LogP contribution in [0.5, 0.6) is 5.75 Å². The summed E-state index contributed by atoms with van der Waals surface area (Å²) in [6, 6.07) is 8.42. The van der Waals surface area contributed by atoms with E-state index in [1.54, 1.807) is 18.2 Å². The van der Waals surface area contributed by atoms with Crippen LogP contribution in [0.2, 0.25) is 5.02 Å². The summed E-state index contributed by atoms with van der Waals surface area (Å²) in [5, 5.41) is 6.35. The molecule has 0 atom stereocenters. The van der Waals surface area contributed by atoms with Crippen LogP contribution >= 0.6 is 11.6 Å². The van der Waals surface area contributed by atoms with Gasteiger partial charge in [-0.1, -0.05) is 11.6 Å². The van der Waals surface area contributed by atoms with Crippen LogP contribution in [0.1, 0.15) is 0 Å². The zero-order valence-electron chi connectivity index (χ0n) is 13.6. The molecule has 3 rings (SSSR count). The quantitative estimate of drug-likeness (QED) is 0.607. The molecule has 0 unspecified atom stereocenters. The van der Waals surface area contributed by atoms with Crippen LogP contribution in [0, 0.1) is 11.6 Å². The van der Waals surface area contributed by atoms with Crippen LogP contribution in [-0.4, -0.2) is 17.1 Å². The van der Waals surface area contributed by atoms with Crippen LogP contribution in [0.4, 0.5) is 37.5 Å². The highest BCUT2D eigenvalue weighted by Gasteiger charge is 2.12. The monoisotopic (exact) mass is 377 g/mol. The maximum absolute atomic E-state index is 13.4. The Labute approximate surface area is 153 Å². The molecule has 0 radical (unpaired) electrons. The molecule has 0 bridgehead atoms. The first-order valence-electron chi connectivity index (χ1n) is 7.41. The average molecular weight is 378 g/mol. The standard InChI is InChI=1S/C17H14ClF2N5O/c1-26-14-5-2-9(18)6-13(14)25-17-15(21)16(22-8-23-17)24-10-3-4-11(19)12(20)7-10/h2-8H,21H2,1H3,(H2,22,23,24,25). The first-order valence-corrected chi connectivity index (χ1v) is 7.79. The number of hydrogen-bond donors (Lipinski definition) is 3. The number of nitrogens with two attached hydrogens (primary N) is 1. The van der Waals surface area contributed by atoms with Gasteiger partial charge in [-0.3, -0.25) is 0 Å². The Morgan fingerprint density at radius 2 is 1.73 bits per heavy atom. The topological polar surface area (TPSA) is 85.1 Å². The lowest BCUT2D eigenvalue weighted by atomic mass is 10.2. The molecule has 4 N–H and O–H groups in total. The number of benzene rings is 2. The van der Waals surface area contributed by atoms with Crippen molar-refractivity contribution in [1.29, 1.82) is 0 Å². The highest BCUT2D eigenvalue weighted by atomic mass is 35.5. The molecule has 2 aromatic carbocycles. The van der Waals surface area contributed by atoms with E-state index in [4.69, 9.17) is 22.1 Å². The Morgan fingerprint density at radius 1 is 1.00 bits per heavy atom. The zero-order valence-corrected chi connectivity index (χ0v) is 14.3. The van der Waals surface area contributed by atoms with Crippen LogP contribution in [0.15, 0.2) is 42.7 Å². The Balaban J connectivity index is 1.90. The van der Waals surface area contributed by atoms with Crippen molar-refractivity contribution < 1.29 is 13.5 Å². The molecule has 0 saturated carbocycles. The third-order valence-electron chi connectivity index (χ3n) is 3.48. The fourth-order valence-corrected chi connectivity index (χ4v) is 2.38. The Morgan fingerprint density at radius 3 is 2.42 bits per heavy atom. The number of nitrogen functional groups attached to an aromatic ring is 1. The second-order valence-corrected chi connectivity index (χ2v) is 5.64. The summed E-state index contributed by atoms with van der Waals surface area (Å²) in [4.78, 5) is 8.12. The summed E-state index contributed by atoms with van der Waals surface area (Å²) < 4.78 is 31.7. The van der Waals surface area contributed by atoms with Gasteiger partial charge >= 0.3 is 0 Å². The summed E-state index contributed by atoms with van der Waals surface area (Å²) >= 11 is 6.01. The van der Waals surface area contributed by atoms with Crippen LogP contribution in [0.3, 0.4) is 0 Å². The molecule has 0 amide bonds. The Hall–Kier alpha value is -3.13. The third kappa shape index (κ3) is 3.75. The van der Waals surface area contributed by atoms with Gasteiger partial charge in [0, 0.05) is 16.8 Å². The van der Waals surface area contributed by atoms with Crippen molar-refractivity contribution in [2.24, 2.45) is 0 Å². The molecular weight excluding hydrogens is 364 g/mol. The molecule has 9 heteroatoms. The van der Waals surface area contributed by atoms with Crippen LogP contribution < -0.4 is 21.1 Å². The van der Waals surface area contributed by atoms with Gasteiger partial charge in [0.05, 0.1) is 12.8 Å². The minimum Gasteiger partial charge on any atom is -0.495 e. The van der Waals surface area contributed by atoms with E-state index in [2.05, 4.69) is 20.6 Å². The van der Waals surface area contributed by atoms with Crippen LogP contribution in [0.25, 0.3) is 0 Å². The van der Waals surface area contributed by atoms with E-state index < -0.39 is 11.6 Å². The van der Waals surface area contributed by atoms with Crippen molar-refractivity contribution in [3.63, 3.8) is 0 Å². The van der Waals surface area contributed by atoms with Crippen molar-refractivity contribution in [3.05, 3.63) is 59.4 Å². The van der Waals surface area contributed by atoms with Crippen molar-refractivity contribution in [2.45, 2.75) is 0 Å². The summed E-state index contributed by atoms with van der Waals surface area (Å²) in [6.07, 6.45) is 1.28. The van der Waals surface area contributed by atoms with E-state index in [0.717, 1.165) is 12.1 Å². The van der Waals surface area contributed by atoms with Gasteiger partial charge in [-0.15, -0.1) is 0 Å². The molecule has 0 aliphatic carbocycles. The Kier molecular flexibility index (Phi) is 5.04. The van der Waals surface area contributed by atoms with E-state index in [1.807, 2.05) is 0 Å². The normalized spacial score (nSPS) is 10.5. The number of aromatic nitrogens is 2. The van der Waals surface area contributed by atoms with Crippen molar-refractivity contribution in [1.82, 2.24) is 9.97 Å². The molecule has 3 aromatic rings. The number of nitrogens with zero attached hydrogens (tertiary/aromatic N) is 2. The second kappa shape index (κ2) is 7.40. The molecule has 1 heterocycles. The molecule has 0 spiro atoms. The fourth-order valence-electron chi connectivity index (χ4n) is 2.21. The Bertz CT molecular complexity index is 954.